The third kappa shape index (κ3) is 6.36. The van der Waals surface area contributed by atoms with Gasteiger partial charge in [0.05, 0.1) is 23.5 Å². The maximum absolute atomic E-state index is 13.8. The lowest BCUT2D eigenvalue weighted by Crippen LogP contribution is -2.51. The molecule has 2 aliphatic heterocycles. The Morgan fingerprint density at radius 1 is 1.12 bits per heavy atom. The molecule has 2 N–H and O–H groups in total. The Labute approximate surface area is 202 Å². The Hall–Kier alpha value is -1.45. The molecule has 0 spiro atoms. The Bertz CT molecular complexity index is 944. The molecule has 0 aromatic heterocycles. The van der Waals surface area contributed by atoms with Crippen LogP contribution in [-0.4, -0.2) is 56.2 Å². The molecular weight excluding hydrogens is 471 g/mol. The molecule has 1 unspecified atom stereocenters. The molecule has 2 aromatic carbocycles. The van der Waals surface area contributed by atoms with Crippen molar-refractivity contribution in [1.82, 2.24) is 10.2 Å². The van der Waals surface area contributed by atoms with Crippen molar-refractivity contribution >= 4 is 34.7 Å². The van der Waals surface area contributed by atoms with Gasteiger partial charge in [0, 0.05) is 48.0 Å². The molecular formula is C24H29ClF3N3OS. The molecule has 180 valence electrons. The van der Waals surface area contributed by atoms with E-state index in [2.05, 4.69) is 15.5 Å². The van der Waals surface area contributed by atoms with E-state index in [1.54, 1.807) is 6.07 Å². The first-order chi connectivity index (χ1) is 16.0. The molecule has 0 amide bonds. The van der Waals surface area contributed by atoms with Crippen LogP contribution in [-0.2, 0) is 17.3 Å². The number of nitrogens with one attached hydrogen (secondary N) is 2. The van der Waals surface area contributed by atoms with Crippen LogP contribution in [0.2, 0.25) is 0 Å². The first-order valence-electron chi connectivity index (χ1n) is 11.3. The number of halogens is 4. The van der Waals surface area contributed by atoms with Crippen LogP contribution in [0.1, 0.15) is 24.0 Å². The average Bonchev–Trinajstić information content (AvgIpc) is 2.80. The van der Waals surface area contributed by atoms with Crippen molar-refractivity contribution in [1.29, 1.82) is 0 Å². The second kappa shape index (κ2) is 11.3. The second-order valence-corrected chi connectivity index (χ2v) is 9.79. The monoisotopic (exact) mass is 499 g/mol. The Morgan fingerprint density at radius 2 is 1.97 bits per heavy atom. The third-order valence-electron chi connectivity index (χ3n) is 6.02. The van der Waals surface area contributed by atoms with Crippen LogP contribution in [0.4, 0.5) is 24.5 Å². The van der Waals surface area contributed by atoms with Crippen LogP contribution in [0.15, 0.2) is 46.2 Å². The fourth-order valence-corrected chi connectivity index (χ4v) is 5.57. The van der Waals surface area contributed by atoms with E-state index < -0.39 is 11.7 Å². The van der Waals surface area contributed by atoms with Crippen LogP contribution in [0.25, 0.3) is 0 Å². The molecule has 0 bridgehead atoms. The standard InChI is InChI=1S/C24H29ClF3N3OS/c25-10-15-32-14-9-17-16-31(13-11-29-17)12-3-4-18-19(24(26,27)28)7-8-22-23(18)30-20-5-1-2-6-21(20)33-22/h1-2,5-8,17,29-30H,3-4,9-16H2. The summed E-state index contributed by atoms with van der Waals surface area (Å²) in [5.41, 5.74) is 1.28. The summed E-state index contributed by atoms with van der Waals surface area (Å²) in [5.74, 6) is 0.492. The molecule has 0 saturated carbocycles. The summed E-state index contributed by atoms with van der Waals surface area (Å²) in [4.78, 5) is 4.21. The van der Waals surface area contributed by atoms with Gasteiger partial charge in [0.1, 0.15) is 0 Å². The fourth-order valence-electron chi connectivity index (χ4n) is 4.44. The highest BCUT2D eigenvalue weighted by Gasteiger charge is 2.35. The molecule has 2 heterocycles. The van der Waals surface area contributed by atoms with Crippen molar-refractivity contribution in [2.75, 3.05) is 50.6 Å². The highest BCUT2D eigenvalue weighted by atomic mass is 35.5. The topological polar surface area (TPSA) is 36.5 Å². The average molecular weight is 500 g/mol. The molecule has 2 aliphatic rings. The molecule has 1 fully saturated rings. The minimum Gasteiger partial charge on any atom is -0.380 e. The van der Waals surface area contributed by atoms with Crippen molar-refractivity contribution in [3.63, 3.8) is 0 Å². The molecule has 1 atom stereocenters. The highest BCUT2D eigenvalue weighted by molar-refractivity contribution is 7.99. The predicted molar refractivity (Wildman–Crippen MR) is 128 cm³/mol. The molecule has 9 heteroatoms. The largest absolute Gasteiger partial charge is 0.416 e. The van der Waals surface area contributed by atoms with Crippen LogP contribution in [0.3, 0.4) is 0 Å². The van der Waals surface area contributed by atoms with E-state index in [1.807, 2.05) is 24.3 Å². The number of benzene rings is 2. The Kier molecular flexibility index (Phi) is 8.46. The lowest BCUT2D eigenvalue weighted by molar-refractivity contribution is -0.138. The van der Waals surface area contributed by atoms with Gasteiger partial charge in [-0.2, -0.15) is 13.2 Å². The number of alkyl halides is 4. The number of rotatable bonds is 9. The van der Waals surface area contributed by atoms with E-state index in [0.717, 1.165) is 48.1 Å². The van der Waals surface area contributed by atoms with Crippen molar-refractivity contribution in [2.45, 2.75) is 41.3 Å². The number of hydrogen-bond donors (Lipinski definition) is 2. The Morgan fingerprint density at radius 3 is 2.79 bits per heavy atom. The number of piperazine rings is 1. The van der Waals surface area contributed by atoms with Crippen LogP contribution in [0.5, 0.6) is 0 Å². The van der Waals surface area contributed by atoms with Gasteiger partial charge in [-0.15, -0.1) is 11.6 Å². The minimum absolute atomic E-state index is 0.332. The second-order valence-electron chi connectivity index (χ2n) is 8.33. The first kappa shape index (κ1) is 24.7. The van der Waals surface area contributed by atoms with Gasteiger partial charge in [-0.3, -0.25) is 0 Å². The van der Waals surface area contributed by atoms with E-state index in [-0.39, 0.29) is 0 Å². The van der Waals surface area contributed by atoms with Crippen molar-refractivity contribution in [3.8, 4) is 0 Å². The summed E-state index contributed by atoms with van der Waals surface area (Å²) in [7, 11) is 0. The van der Waals surface area contributed by atoms with Gasteiger partial charge in [0.2, 0.25) is 0 Å². The SMILES string of the molecule is FC(F)(F)c1ccc2c(c1CCCN1CCNC(CCOCCCl)C1)Nc1ccccc1S2. The maximum Gasteiger partial charge on any atom is 0.416 e. The number of ether oxygens (including phenoxy) is 1. The summed E-state index contributed by atoms with van der Waals surface area (Å²) >= 11 is 7.16. The molecule has 0 radical (unpaired) electrons. The first-order valence-corrected chi connectivity index (χ1v) is 12.7. The van der Waals surface area contributed by atoms with Crippen LogP contribution < -0.4 is 10.6 Å². The van der Waals surface area contributed by atoms with Gasteiger partial charge in [-0.05, 0) is 55.6 Å². The van der Waals surface area contributed by atoms with E-state index in [9.17, 15) is 13.2 Å². The highest BCUT2D eigenvalue weighted by Crippen LogP contribution is 2.48. The third-order valence-corrected chi connectivity index (χ3v) is 7.31. The molecule has 4 rings (SSSR count). The minimum atomic E-state index is -4.38. The maximum atomic E-state index is 13.8. The van der Waals surface area contributed by atoms with Crippen LogP contribution >= 0.6 is 23.4 Å². The summed E-state index contributed by atoms with van der Waals surface area (Å²) in [6.07, 6.45) is -2.43. The number of fused-ring (bicyclic) bond motifs is 2. The lowest BCUT2D eigenvalue weighted by atomic mass is 9.99. The number of anilines is 2. The quantitative estimate of drug-likeness (QED) is 0.289. The smallest absolute Gasteiger partial charge is 0.380 e. The number of nitrogens with zero attached hydrogens (tertiary/aromatic N) is 1. The summed E-state index contributed by atoms with van der Waals surface area (Å²) < 4.78 is 47.0. The van der Waals surface area contributed by atoms with Gasteiger partial charge >= 0.3 is 6.18 Å². The normalized spacial score (nSPS) is 18.5. The van der Waals surface area contributed by atoms with Gasteiger partial charge in [0.25, 0.3) is 0 Å². The molecule has 0 aliphatic carbocycles. The van der Waals surface area contributed by atoms with Crippen molar-refractivity contribution in [2.24, 2.45) is 0 Å². The zero-order valence-electron chi connectivity index (χ0n) is 18.4. The fraction of sp³-hybridized carbons (Fsp3) is 0.500. The van der Waals surface area contributed by atoms with Crippen LogP contribution in [0, 0.1) is 0 Å². The van der Waals surface area contributed by atoms with Gasteiger partial charge < -0.3 is 20.3 Å². The van der Waals surface area contributed by atoms with Crippen molar-refractivity contribution in [3.05, 3.63) is 47.5 Å². The van der Waals surface area contributed by atoms with E-state index >= 15 is 0 Å². The van der Waals surface area contributed by atoms with Gasteiger partial charge in [-0.1, -0.05) is 23.9 Å². The molecule has 33 heavy (non-hydrogen) atoms. The number of para-hydroxylation sites is 1. The van der Waals surface area contributed by atoms with E-state index in [4.69, 9.17) is 16.3 Å². The molecule has 4 nitrogen and oxygen atoms in total. The van der Waals surface area contributed by atoms with E-state index in [1.165, 1.54) is 17.8 Å². The van der Waals surface area contributed by atoms with E-state index in [0.29, 0.717) is 49.2 Å². The predicted octanol–water partition coefficient (Wildman–Crippen LogP) is 5.77. The molecule has 2 aromatic rings. The zero-order valence-corrected chi connectivity index (χ0v) is 20.0. The van der Waals surface area contributed by atoms with Crippen molar-refractivity contribution < 1.29 is 17.9 Å². The van der Waals surface area contributed by atoms with Gasteiger partial charge in [0.15, 0.2) is 0 Å². The van der Waals surface area contributed by atoms with Gasteiger partial charge in [-0.25, -0.2) is 0 Å². The Balaban J connectivity index is 1.41. The molecule has 1 saturated heterocycles. The summed E-state index contributed by atoms with van der Waals surface area (Å²) in [6, 6.07) is 10.9. The lowest BCUT2D eigenvalue weighted by Gasteiger charge is -2.34. The zero-order chi connectivity index (χ0) is 23.3. The number of hydrogen-bond acceptors (Lipinski definition) is 5. The summed E-state index contributed by atoms with van der Waals surface area (Å²) in [5, 5.41) is 6.78. The summed E-state index contributed by atoms with van der Waals surface area (Å²) in [6.45, 7) is 4.64.